The van der Waals surface area contributed by atoms with E-state index >= 15 is 0 Å². The number of hydrogen-bond acceptors (Lipinski definition) is 3. The molecule has 1 saturated heterocycles. The van der Waals surface area contributed by atoms with Crippen LogP contribution in [0.4, 0.5) is 0 Å². The highest BCUT2D eigenvalue weighted by molar-refractivity contribution is 6.36. The second kappa shape index (κ2) is 5.78. The lowest BCUT2D eigenvalue weighted by atomic mass is 10.1. The lowest BCUT2D eigenvalue weighted by Gasteiger charge is -2.23. The van der Waals surface area contributed by atoms with Crippen molar-refractivity contribution in [3.8, 4) is 5.75 Å². The summed E-state index contributed by atoms with van der Waals surface area (Å²) in [6.45, 7) is 1.76. The Morgan fingerprint density at radius 2 is 2.00 bits per heavy atom. The molecule has 1 aromatic rings. The molecular formula is C12H14Cl2N2O2. The summed E-state index contributed by atoms with van der Waals surface area (Å²) >= 11 is 11.6. The van der Waals surface area contributed by atoms with Gasteiger partial charge in [0.1, 0.15) is 5.75 Å². The van der Waals surface area contributed by atoms with Crippen molar-refractivity contribution < 1.29 is 9.90 Å². The molecule has 0 aliphatic carbocycles. The summed E-state index contributed by atoms with van der Waals surface area (Å²) in [7, 11) is 0. The molecule has 0 radical (unpaired) electrons. The van der Waals surface area contributed by atoms with Gasteiger partial charge in [0.15, 0.2) is 0 Å². The first-order valence-corrected chi connectivity index (χ1v) is 6.53. The van der Waals surface area contributed by atoms with Crippen molar-refractivity contribution in [3.63, 3.8) is 0 Å². The number of rotatable bonds is 2. The molecule has 3 N–H and O–H groups in total. The summed E-state index contributed by atoms with van der Waals surface area (Å²) in [4.78, 5) is 12.0. The first kappa shape index (κ1) is 13.5. The Labute approximate surface area is 115 Å². The number of hydrogen-bond donors (Lipinski definition) is 3. The van der Waals surface area contributed by atoms with Crippen LogP contribution in [-0.4, -0.2) is 30.1 Å². The van der Waals surface area contributed by atoms with E-state index in [0.29, 0.717) is 5.02 Å². The molecule has 0 unspecified atom stereocenters. The van der Waals surface area contributed by atoms with E-state index < -0.39 is 0 Å². The number of carbonyl (C=O) groups excluding carboxylic acids is 1. The van der Waals surface area contributed by atoms with Gasteiger partial charge in [0.2, 0.25) is 0 Å². The predicted octanol–water partition coefficient (Wildman–Crippen LogP) is 2.18. The van der Waals surface area contributed by atoms with Gasteiger partial charge in [-0.3, -0.25) is 4.79 Å². The zero-order valence-electron chi connectivity index (χ0n) is 9.67. The van der Waals surface area contributed by atoms with Crippen LogP contribution in [0.1, 0.15) is 23.2 Å². The number of benzene rings is 1. The number of amides is 1. The normalized spacial score (nSPS) is 16.6. The lowest BCUT2D eigenvalue weighted by molar-refractivity contribution is 0.0927. The van der Waals surface area contributed by atoms with Gasteiger partial charge in [-0.15, -0.1) is 0 Å². The fourth-order valence-electron chi connectivity index (χ4n) is 1.97. The van der Waals surface area contributed by atoms with Crippen molar-refractivity contribution in [2.45, 2.75) is 18.9 Å². The topological polar surface area (TPSA) is 61.4 Å². The van der Waals surface area contributed by atoms with Crippen LogP contribution >= 0.6 is 23.2 Å². The average Bonchev–Trinajstić information content (AvgIpc) is 2.35. The highest BCUT2D eigenvalue weighted by atomic mass is 35.5. The maximum atomic E-state index is 12.0. The van der Waals surface area contributed by atoms with E-state index in [1.165, 1.54) is 12.1 Å². The Balaban J connectivity index is 2.13. The van der Waals surface area contributed by atoms with Gasteiger partial charge in [0.25, 0.3) is 5.91 Å². The minimum atomic E-state index is -0.344. The minimum absolute atomic E-state index is 0.0814. The maximum absolute atomic E-state index is 12.0. The summed E-state index contributed by atoms with van der Waals surface area (Å²) < 4.78 is 0. The molecule has 0 atom stereocenters. The van der Waals surface area contributed by atoms with Crippen LogP contribution in [-0.2, 0) is 0 Å². The molecule has 1 fully saturated rings. The average molecular weight is 289 g/mol. The van der Waals surface area contributed by atoms with Gasteiger partial charge in [-0.25, -0.2) is 0 Å². The molecule has 0 saturated carbocycles. The van der Waals surface area contributed by atoms with E-state index in [9.17, 15) is 9.90 Å². The maximum Gasteiger partial charge on any atom is 0.255 e. The lowest BCUT2D eigenvalue weighted by Crippen LogP contribution is -2.42. The number of halogens is 2. The van der Waals surface area contributed by atoms with Gasteiger partial charge in [0.05, 0.1) is 10.6 Å². The van der Waals surface area contributed by atoms with Gasteiger partial charge < -0.3 is 15.7 Å². The van der Waals surface area contributed by atoms with Gasteiger partial charge in [-0.05, 0) is 38.1 Å². The molecule has 1 aliphatic heterocycles. The Hall–Kier alpha value is -0.970. The number of phenols is 1. The number of piperidine rings is 1. The zero-order chi connectivity index (χ0) is 13.1. The third-order valence-electron chi connectivity index (χ3n) is 2.95. The second-order valence-electron chi connectivity index (χ2n) is 4.28. The van der Waals surface area contributed by atoms with Gasteiger partial charge >= 0.3 is 0 Å². The summed E-state index contributed by atoms with van der Waals surface area (Å²) in [5.41, 5.74) is 0.117. The highest BCUT2D eigenvalue weighted by Gasteiger charge is 2.20. The summed E-state index contributed by atoms with van der Waals surface area (Å²) in [6.07, 6.45) is 1.75. The molecule has 6 heteroatoms. The van der Waals surface area contributed by atoms with Crippen molar-refractivity contribution in [3.05, 3.63) is 27.7 Å². The van der Waals surface area contributed by atoms with E-state index in [4.69, 9.17) is 23.2 Å². The molecule has 1 amide bonds. The Bertz CT molecular complexity index is 460. The predicted molar refractivity (Wildman–Crippen MR) is 71.5 cm³/mol. The molecule has 1 aromatic carbocycles. The zero-order valence-corrected chi connectivity index (χ0v) is 11.2. The molecule has 2 rings (SSSR count). The van der Waals surface area contributed by atoms with Gasteiger partial charge in [-0.2, -0.15) is 0 Å². The number of phenolic OH excluding ortho intramolecular Hbond substituents is 1. The highest BCUT2D eigenvalue weighted by Crippen LogP contribution is 2.31. The van der Waals surface area contributed by atoms with E-state index in [-0.39, 0.29) is 28.3 Å². The smallest absolute Gasteiger partial charge is 0.255 e. The standard InChI is InChI=1S/C12H14Cl2N2O2/c13-7-5-9(11(17)10(14)6-7)12(18)16-8-1-3-15-4-2-8/h5-6,8,15,17H,1-4H2,(H,16,18). The van der Waals surface area contributed by atoms with Gasteiger partial charge in [-0.1, -0.05) is 23.2 Å². The molecule has 0 bridgehead atoms. The van der Waals surface area contributed by atoms with Crippen LogP contribution in [0, 0.1) is 0 Å². The van der Waals surface area contributed by atoms with E-state index in [0.717, 1.165) is 25.9 Å². The Morgan fingerprint density at radius 3 is 2.67 bits per heavy atom. The largest absolute Gasteiger partial charge is 0.506 e. The van der Waals surface area contributed by atoms with E-state index in [1.54, 1.807) is 0 Å². The quantitative estimate of drug-likeness (QED) is 0.782. The summed E-state index contributed by atoms with van der Waals surface area (Å²) in [6, 6.07) is 2.94. The summed E-state index contributed by atoms with van der Waals surface area (Å²) in [5.74, 6) is -0.573. The van der Waals surface area contributed by atoms with Crippen LogP contribution in [0.25, 0.3) is 0 Å². The minimum Gasteiger partial charge on any atom is -0.506 e. The van der Waals surface area contributed by atoms with Crippen molar-refractivity contribution in [2.24, 2.45) is 0 Å². The third kappa shape index (κ3) is 3.07. The number of carbonyl (C=O) groups is 1. The SMILES string of the molecule is O=C(NC1CCNCC1)c1cc(Cl)cc(Cl)c1O. The van der Waals surface area contributed by atoms with Crippen LogP contribution in [0.3, 0.4) is 0 Å². The molecule has 4 nitrogen and oxygen atoms in total. The van der Waals surface area contributed by atoms with E-state index in [2.05, 4.69) is 10.6 Å². The van der Waals surface area contributed by atoms with Crippen LogP contribution in [0.2, 0.25) is 10.0 Å². The van der Waals surface area contributed by atoms with Crippen LogP contribution < -0.4 is 10.6 Å². The van der Waals surface area contributed by atoms with Crippen molar-refractivity contribution in [1.82, 2.24) is 10.6 Å². The number of aromatic hydroxyl groups is 1. The van der Waals surface area contributed by atoms with Crippen molar-refractivity contribution in [1.29, 1.82) is 0 Å². The molecule has 18 heavy (non-hydrogen) atoms. The van der Waals surface area contributed by atoms with Crippen molar-refractivity contribution in [2.75, 3.05) is 13.1 Å². The summed E-state index contributed by atoms with van der Waals surface area (Å²) in [5, 5.41) is 16.3. The Morgan fingerprint density at radius 1 is 1.33 bits per heavy atom. The first-order chi connectivity index (χ1) is 8.58. The fraction of sp³-hybridized carbons (Fsp3) is 0.417. The fourth-order valence-corrected chi connectivity index (χ4v) is 2.46. The van der Waals surface area contributed by atoms with Crippen LogP contribution in [0.15, 0.2) is 12.1 Å². The second-order valence-corrected chi connectivity index (χ2v) is 5.13. The molecule has 98 valence electrons. The van der Waals surface area contributed by atoms with Gasteiger partial charge in [0, 0.05) is 11.1 Å². The third-order valence-corrected chi connectivity index (χ3v) is 3.45. The monoisotopic (exact) mass is 288 g/mol. The molecule has 0 spiro atoms. The first-order valence-electron chi connectivity index (χ1n) is 5.77. The van der Waals surface area contributed by atoms with E-state index in [1.807, 2.05) is 0 Å². The molecule has 1 heterocycles. The number of nitrogens with one attached hydrogen (secondary N) is 2. The molecular weight excluding hydrogens is 275 g/mol. The Kier molecular flexibility index (Phi) is 4.32. The molecule has 1 aliphatic rings. The van der Waals surface area contributed by atoms with Crippen molar-refractivity contribution >= 4 is 29.1 Å². The molecule has 0 aromatic heterocycles. The van der Waals surface area contributed by atoms with Crippen LogP contribution in [0.5, 0.6) is 5.75 Å².